The molecular formula is C17H20N4OS. The van der Waals surface area contributed by atoms with Gasteiger partial charge >= 0.3 is 0 Å². The first-order valence-corrected chi connectivity index (χ1v) is 8.58. The molecule has 3 aromatic rings. The molecule has 2 aromatic heterocycles. The van der Waals surface area contributed by atoms with Gasteiger partial charge in [0.05, 0.1) is 12.2 Å². The lowest BCUT2D eigenvalue weighted by Crippen LogP contribution is -2.05. The van der Waals surface area contributed by atoms with E-state index in [1.807, 2.05) is 55.8 Å². The van der Waals surface area contributed by atoms with Crippen molar-refractivity contribution in [2.24, 2.45) is 0 Å². The van der Waals surface area contributed by atoms with Gasteiger partial charge in [-0.3, -0.25) is 0 Å². The molecule has 0 aliphatic carbocycles. The van der Waals surface area contributed by atoms with Crippen LogP contribution in [0.25, 0.3) is 11.4 Å². The molecule has 0 unspecified atom stereocenters. The van der Waals surface area contributed by atoms with Gasteiger partial charge in [0.25, 0.3) is 0 Å². The van der Waals surface area contributed by atoms with E-state index in [1.165, 1.54) is 0 Å². The fourth-order valence-corrected chi connectivity index (χ4v) is 3.24. The summed E-state index contributed by atoms with van der Waals surface area (Å²) in [5.74, 6) is 1.64. The minimum absolute atomic E-state index is 0.0322. The summed E-state index contributed by atoms with van der Waals surface area (Å²) in [6, 6.07) is 10.1. The van der Waals surface area contributed by atoms with Crippen molar-refractivity contribution in [3.8, 4) is 11.4 Å². The number of nitrogens with zero attached hydrogens (tertiary/aromatic N) is 4. The van der Waals surface area contributed by atoms with Crippen LogP contribution in [0.5, 0.6) is 0 Å². The van der Waals surface area contributed by atoms with Crippen molar-refractivity contribution in [2.45, 2.75) is 33.4 Å². The molecule has 0 fully saturated rings. The number of thiazole rings is 1. The Morgan fingerprint density at radius 1 is 1.22 bits per heavy atom. The van der Waals surface area contributed by atoms with E-state index < -0.39 is 0 Å². The minimum atomic E-state index is 0.0322. The molecule has 0 radical (unpaired) electrons. The highest BCUT2D eigenvalue weighted by Crippen LogP contribution is 2.23. The summed E-state index contributed by atoms with van der Waals surface area (Å²) in [5.41, 5.74) is 2.05. The van der Waals surface area contributed by atoms with Gasteiger partial charge in [0, 0.05) is 17.6 Å². The molecule has 2 heterocycles. The van der Waals surface area contributed by atoms with E-state index in [2.05, 4.69) is 20.4 Å². The fraction of sp³-hybridized carbons (Fsp3) is 0.353. The average molecular weight is 328 g/mol. The SMILES string of the molecule is CCO[C@@H](C)c1nc(Cn2nc(C)nc2-c2ccccc2)cs1. The fourth-order valence-electron chi connectivity index (χ4n) is 2.42. The van der Waals surface area contributed by atoms with Gasteiger partial charge in [-0.05, 0) is 20.8 Å². The lowest BCUT2D eigenvalue weighted by molar-refractivity contribution is 0.0761. The molecule has 3 rings (SSSR count). The zero-order valence-corrected chi connectivity index (χ0v) is 14.4. The third kappa shape index (κ3) is 3.65. The van der Waals surface area contributed by atoms with Gasteiger partial charge in [0.2, 0.25) is 0 Å². The Morgan fingerprint density at radius 2 is 2.00 bits per heavy atom. The predicted molar refractivity (Wildman–Crippen MR) is 91.5 cm³/mol. The molecule has 5 nitrogen and oxygen atoms in total. The smallest absolute Gasteiger partial charge is 0.158 e. The van der Waals surface area contributed by atoms with Crippen molar-refractivity contribution in [2.75, 3.05) is 6.61 Å². The molecular weight excluding hydrogens is 308 g/mol. The highest BCUT2D eigenvalue weighted by molar-refractivity contribution is 7.09. The molecule has 0 amide bonds. The number of hydrogen-bond acceptors (Lipinski definition) is 5. The first-order chi connectivity index (χ1) is 11.2. The summed E-state index contributed by atoms with van der Waals surface area (Å²) >= 11 is 1.63. The minimum Gasteiger partial charge on any atom is -0.372 e. The maximum absolute atomic E-state index is 5.60. The Kier molecular flexibility index (Phi) is 4.83. The highest BCUT2D eigenvalue weighted by Gasteiger charge is 2.14. The van der Waals surface area contributed by atoms with Crippen LogP contribution in [-0.2, 0) is 11.3 Å². The highest BCUT2D eigenvalue weighted by atomic mass is 32.1. The molecule has 120 valence electrons. The van der Waals surface area contributed by atoms with Crippen LogP contribution < -0.4 is 0 Å². The largest absolute Gasteiger partial charge is 0.372 e. The van der Waals surface area contributed by atoms with E-state index in [4.69, 9.17) is 4.74 Å². The van der Waals surface area contributed by atoms with Crippen LogP contribution >= 0.6 is 11.3 Å². The van der Waals surface area contributed by atoms with Crippen LogP contribution in [0, 0.1) is 6.92 Å². The summed E-state index contributed by atoms with van der Waals surface area (Å²) in [5, 5.41) is 7.58. The number of ether oxygens (including phenoxy) is 1. The Hall–Kier alpha value is -2.05. The Bertz CT molecular complexity index is 766. The topological polar surface area (TPSA) is 52.8 Å². The monoisotopic (exact) mass is 328 g/mol. The second kappa shape index (κ2) is 7.02. The number of rotatable bonds is 6. The molecule has 0 aliphatic rings. The van der Waals surface area contributed by atoms with Crippen molar-refractivity contribution >= 4 is 11.3 Å². The van der Waals surface area contributed by atoms with Gasteiger partial charge in [-0.2, -0.15) is 5.10 Å². The Labute approximate surface area is 140 Å². The second-order valence-corrected chi connectivity index (χ2v) is 6.17. The van der Waals surface area contributed by atoms with Crippen molar-refractivity contribution in [1.29, 1.82) is 0 Å². The molecule has 0 saturated heterocycles. The van der Waals surface area contributed by atoms with E-state index in [-0.39, 0.29) is 6.10 Å². The van der Waals surface area contributed by atoms with Crippen LogP contribution in [0.4, 0.5) is 0 Å². The van der Waals surface area contributed by atoms with Crippen LogP contribution in [0.1, 0.15) is 36.5 Å². The maximum atomic E-state index is 5.60. The van der Waals surface area contributed by atoms with Crippen LogP contribution in [0.3, 0.4) is 0 Å². The van der Waals surface area contributed by atoms with Gasteiger partial charge in [0.15, 0.2) is 5.82 Å². The molecule has 6 heteroatoms. The number of aromatic nitrogens is 4. The van der Waals surface area contributed by atoms with Crippen LogP contribution in [0.2, 0.25) is 0 Å². The third-order valence-corrected chi connectivity index (χ3v) is 4.51. The van der Waals surface area contributed by atoms with E-state index in [0.717, 1.165) is 27.9 Å². The normalized spacial score (nSPS) is 12.5. The summed E-state index contributed by atoms with van der Waals surface area (Å²) < 4.78 is 7.51. The van der Waals surface area contributed by atoms with Crippen LogP contribution in [-0.4, -0.2) is 26.4 Å². The Balaban J connectivity index is 1.84. The van der Waals surface area contributed by atoms with Crippen LogP contribution in [0.15, 0.2) is 35.7 Å². The van der Waals surface area contributed by atoms with Gasteiger partial charge in [-0.25, -0.2) is 14.6 Å². The van der Waals surface area contributed by atoms with Crippen molar-refractivity contribution in [3.63, 3.8) is 0 Å². The van der Waals surface area contributed by atoms with Crippen molar-refractivity contribution in [1.82, 2.24) is 19.7 Å². The molecule has 23 heavy (non-hydrogen) atoms. The Morgan fingerprint density at radius 3 is 2.74 bits per heavy atom. The molecule has 0 bridgehead atoms. The van der Waals surface area contributed by atoms with Crippen molar-refractivity contribution in [3.05, 3.63) is 52.2 Å². The first kappa shape index (κ1) is 15.8. The summed E-state index contributed by atoms with van der Waals surface area (Å²) in [6.07, 6.45) is 0.0322. The van der Waals surface area contributed by atoms with E-state index in [0.29, 0.717) is 13.2 Å². The molecule has 0 saturated carbocycles. The molecule has 1 atom stereocenters. The third-order valence-electron chi connectivity index (χ3n) is 3.46. The average Bonchev–Trinajstić information content (AvgIpc) is 3.16. The predicted octanol–water partition coefficient (Wildman–Crippen LogP) is 3.86. The number of hydrogen-bond donors (Lipinski definition) is 0. The standard InChI is InChI=1S/C17H20N4OS/c1-4-22-12(2)17-19-15(11-23-17)10-21-16(18-13(3)20-21)14-8-6-5-7-9-14/h5-9,11-12H,4,10H2,1-3H3/t12-/m0/s1. The summed E-state index contributed by atoms with van der Waals surface area (Å²) in [6.45, 7) is 7.24. The summed E-state index contributed by atoms with van der Waals surface area (Å²) in [4.78, 5) is 9.22. The van der Waals surface area contributed by atoms with Crippen molar-refractivity contribution < 1.29 is 4.74 Å². The zero-order chi connectivity index (χ0) is 16.2. The van der Waals surface area contributed by atoms with E-state index >= 15 is 0 Å². The van der Waals surface area contributed by atoms with Gasteiger partial charge in [-0.15, -0.1) is 11.3 Å². The van der Waals surface area contributed by atoms with Gasteiger partial charge in [-0.1, -0.05) is 30.3 Å². The second-order valence-electron chi connectivity index (χ2n) is 5.28. The van der Waals surface area contributed by atoms with E-state index in [9.17, 15) is 0 Å². The van der Waals surface area contributed by atoms with Gasteiger partial charge in [0.1, 0.15) is 16.9 Å². The number of benzene rings is 1. The lowest BCUT2D eigenvalue weighted by Gasteiger charge is -2.07. The quantitative estimate of drug-likeness (QED) is 0.689. The maximum Gasteiger partial charge on any atom is 0.158 e. The first-order valence-electron chi connectivity index (χ1n) is 7.70. The summed E-state index contributed by atoms with van der Waals surface area (Å²) in [7, 11) is 0. The number of aryl methyl sites for hydroxylation is 1. The molecule has 0 aliphatic heterocycles. The van der Waals surface area contributed by atoms with Gasteiger partial charge < -0.3 is 4.74 Å². The molecule has 0 N–H and O–H groups in total. The molecule has 1 aromatic carbocycles. The lowest BCUT2D eigenvalue weighted by atomic mass is 10.2. The zero-order valence-electron chi connectivity index (χ0n) is 13.6. The van der Waals surface area contributed by atoms with E-state index in [1.54, 1.807) is 11.3 Å². The molecule has 0 spiro atoms.